The Kier molecular flexibility index (Phi) is 2.84. The van der Waals surface area contributed by atoms with E-state index in [9.17, 15) is 0 Å². The van der Waals surface area contributed by atoms with Crippen molar-refractivity contribution in [3.63, 3.8) is 0 Å². The maximum Gasteiger partial charge on any atom is 0.246 e. The highest BCUT2D eigenvalue weighted by Crippen LogP contribution is 2.39. The lowest BCUT2D eigenvalue weighted by molar-refractivity contribution is -0.0431. The van der Waals surface area contributed by atoms with Gasteiger partial charge in [-0.15, -0.1) is 13.2 Å². The van der Waals surface area contributed by atoms with Gasteiger partial charge in [-0.1, -0.05) is 6.07 Å². The Morgan fingerprint density at radius 3 is 2.29 bits per heavy atom. The molecule has 0 fully saturated rings. The Morgan fingerprint density at radius 2 is 1.64 bits per heavy atom. The zero-order valence-corrected chi connectivity index (χ0v) is 8.96. The third kappa shape index (κ3) is 2.08. The first-order valence-electron chi connectivity index (χ1n) is 4.55. The average molecular weight is 192 g/mol. The van der Waals surface area contributed by atoms with Crippen LogP contribution < -0.4 is 9.47 Å². The predicted molar refractivity (Wildman–Crippen MR) is 57.8 cm³/mol. The van der Waals surface area contributed by atoms with Crippen LogP contribution in [0.2, 0.25) is 0 Å². The van der Waals surface area contributed by atoms with Crippen LogP contribution in [0.25, 0.3) is 0 Å². The second kappa shape index (κ2) is 3.74. The van der Waals surface area contributed by atoms with Crippen LogP contribution in [0.3, 0.4) is 0 Å². The molecule has 76 valence electrons. The molecule has 1 aromatic rings. The van der Waals surface area contributed by atoms with E-state index in [1.807, 2.05) is 39.0 Å². The van der Waals surface area contributed by atoms with Crippen molar-refractivity contribution in [1.82, 2.24) is 0 Å². The zero-order chi connectivity index (χ0) is 10.8. The number of rotatable bonds is 0. The van der Waals surface area contributed by atoms with Crippen LogP contribution in [0.15, 0.2) is 31.4 Å². The first kappa shape index (κ1) is 10.6. The Morgan fingerprint density at radius 1 is 1.07 bits per heavy atom. The minimum atomic E-state index is -0.504. The summed E-state index contributed by atoms with van der Waals surface area (Å²) in [7, 11) is 0. The molecule has 1 aromatic carbocycles. The van der Waals surface area contributed by atoms with Crippen molar-refractivity contribution in [2.45, 2.75) is 26.6 Å². The van der Waals surface area contributed by atoms with Gasteiger partial charge in [-0.2, -0.15) is 0 Å². The van der Waals surface area contributed by atoms with Gasteiger partial charge in [-0.3, -0.25) is 0 Å². The van der Waals surface area contributed by atoms with Crippen molar-refractivity contribution in [3.8, 4) is 11.5 Å². The molecular formula is C12H16O2. The maximum absolute atomic E-state index is 5.55. The van der Waals surface area contributed by atoms with Gasteiger partial charge >= 0.3 is 0 Å². The van der Waals surface area contributed by atoms with E-state index in [1.165, 1.54) is 5.56 Å². The van der Waals surface area contributed by atoms with Crippen molar-refractivity contribution < 1.29 is 9.47 Å². The lowest BCUT2D eigenvalue weighted by Gasteiger charge is -2.16. The van der Waals surface area contributed by atoms with Gasteiger partial charge in [0.2, 0.25) is 5.79 Å². The van der Waals surface area contributed by atoms with Crippen LogP contribution >= 0.6 is 0 Å². The lowest BCUT2D eigenvalue weighted by atomic mass is 10.2. The summed E-state index contributed by atoms with van der Waals surface area (Å²) in [6.07, 6.45) is 0. The molecule has 0 saturated carbocycles. The summed E-state index contributed by atoms with van der Waals surface area (Å²) in [5.74, 6) is 1.18. The Balaban J connectivity index is 0.000000461. The van der Waals surface area contributed by atoms with E-state index in [0.717, 1.165) is 11.5 Å². The number of ether oxygens (including phenoxy) is 2. The van der Waals surface area contributed by atoms with Gasteiger partial charge in [0.1, 0.15) is 0 Å². The summed E-state index contributed by atoms with van der Waals surface area (Å²) in [4.78, 5) is 0. The van der Waals surface area contributed by atoms with E-state index in [0.29, 0.717) is 0 Å². The van der Waals surface area contributed by atoms with Crippen molar-refractivity contribution in [2.75, 3.05) is 0 Å². The monoisotopic (exact) mass is 192 g/mol. The minimum absolute atomic E-state index is 0.504. The molecule has 1 aliphatic rings. The van der Waals surface area contributed by atoms with Crippen molar-refractivity contribution in [2.24, 2.45) is 0 Å². The molecule has 2 rings (SSSR count). The van der Waals surface area contributed by atoms with E-state index < -0.39 is 5.79 Å². The van der Waals surface area contributed by atoms with Gasteiger partial charge in [-0.25, -0.2) is 0 Å². The molecule has 0 atom stereocenters. The molecule has 14 heavy (non-hydrogen) atoms. The zero-order valence-electron chi connectivity index (χ0n) is 8.96. The summed E-state index contributed by atoms with van der Waals surface area (Å²) in [6.45, 7) is 11.8. The van der Waals surface area contributed by atoms with Crippen molar-refractivity contribution in [1.29, 1.82) is 0 Å². The molecule has 0 aromatic heterocycles. The van der Waals surface area contributed by atoms with Gasteiger partial charge < -0.3 is 9.47 Å². The Bertz CT molecular complexity index is 329. The van der Waals surface area contributed by atoms with Crippen LogP contribution in [0.4, 0.5) is 0 Å². The molecule has 0 spiro atoms. The first-order chi connectivity index (χ1) is 6.57. The molecule has 0 saturated heterocycles. The standard InChI is InChI=1S/C10H12O2.C2H4/c1-7-4-5-8-9(6-7)12-10(2,3)11-8;1-2/h4-6H,1-3H3;1-2H2. The second-order valence-corrected chi connectivity index (χ2v) is 3.55. The smallest absolute Gasteiger partial charge is 0.246 e. The molecule has 2 nitrogen and oxygen atoms in total. The molecule has 0 N–H and O–H groups in total. The number of aryl methyl sites for hydroxylation is 1. The normalized spacial score (nSPS) is 15.6. The highest BCUT2D eigenvalue weighted by molar-refractivity contribution is 5.45. The summed E-state index contributed by atoms with van der Waals surface area (Å²) < 4.78 is 11.1. The maximum atomic E-state index is 5.55. The third-order valence-electron chi connectivity index (χ3n) is 1.81. The summed E-state index contributed by atoms with van der Waals surface area (Å²) in [5.41, 5.74) is 1.19. The van der Waals surface area contributed by atoms with E-state index in [2.05, 4.69) is 13.2 Å². The predicted octanol–water partition coefficient (Wildman–Crippen LogP) is 3.30. The highest BCUT2D eigenvalue weighted by atomic mass is 16.7. The first-order valence-corrected chi connectivity index (χ1v) is 4.55. The van der Waals surface area contributed by atoms with Crippen LogP contribution in [0, 0.1) is 6.92 Å². The van der Waals surface area contributed by atoms with Gasteiger partial charge in [0.05, 0.1) is 0 Å². The number of benzene rings is 1. The number of hydrogen-bond acceptors (Lipinski definition) is 2. The van der Waals surface area contributed by atoms with E-state index in [4.69, 9.17) is 9.47 Å². The Labute approximate surface area is 85.2 Å². The minimum Gasteiger partial charge on any atom is -0.449 e. The fraction of sp³-hybridized carbons (Fsp3) is 0.333. The lowest BCUT2D eigenvalue weighted by Crippen LogP contribution is -2.29. The average Bonchev–Trinajstić information content (AvgIpc) is 2.41. The van der Waals surface area contributed by atoms with Crippen LogP contribution in [0.1, 0.15) is 19.4 Å². The van der Waals surface area contributed by atoms with Crippen LogP contribution in [0.5, 0.6) is 11.5 Å². The molecule has 1 heterocycles. The molecule has 1 aliphatic heterocycles. The SMILES string of the molecule is C=C.Cc1ccc2c(c1)OC(C)(C)O2. The van der Waals surface area contributed by atoms with Gasteiger partial charge in [0.15, 0.2) is 11.5 Å². The van der Waals surface area contributed by atoms with Crippen molar-refractivity contribution >= 4 is 0 Å². The highest BCUT2D eigenvalue weighted by Gasteiger charge is 2.31. The number of hydrogen-bond donors (Lipinski definition) is 0. The van der Waals surface area contributed by atoms with E-state index in [1.54, 1.807) is 0 Å². The van der Waals surface area contributed by atoms with Gasteiger partial charge in [0.25, 0.3) is 0 Å². The van der Waals surface area contributed by atoms with Crippen LogP contribution in [-0.2, 0) is 0 Å². The fourth-order valence-electron chi connectivity index (χ4n) is 1.33. The van der Waals surface area contributed by atoms with Gasteiger partial charge in [-0.05, 0) is 24.6 Å². The van der Waals surface area contributed by atoms with Gasteiger partial charge in [0, 0.05) is 13.8 Å². The topological polar surface area (TPSA) is 18.5 Å². The molecule has 0 radical (unpaired) electrons. The fourth-order valence-corrected chi connectivity index (χ4v) is 1.33. The third-order valence-corrected chi connectivity index (χ3v) is 1.81. The molecule has 0 bridgehead atoms. The van der Waals surface area contributed by atoms with Crippen molar-refractivity contribution in [3.05, 3.63) is 36.9 Å². The largest absolute Gasteiger partial charge is 0.449 e. The number of fused-ring (bicyclic) bond motifs is 1. The van der Waals surface area contributed by atoms with E-state index in [-0.39, 0.29) is 0 Å². The van der Waals surface area contributed by atoms with E-state index >= 15 is 0 Å². The Hall–Kier alpha value is -1.44. The molecule has 0 aliphatic carbocycles. The molecule has 2 heteroatoms. The molecular weight excluding hydrogens is 176 g/mol. The summed E-state index contributed by atoms with van der Waals surface area (Å²) in [6, 6.07) is 5.95. The summed E-state index contributed by atoms with van der Waals surface area (Å²) in [5, 5.41) is 0. The van der Waals surface area contributed by atoms with Crippen LogP contribution in [-0.4, -0.2) is 5.79 Å². The second-order valence-electron chi connectivity index (χ2n) is 3.55. The quantitative estimate of drug-likeness (QED) is 0.587. The molecule has 0 unspecified atom stereocenters. The molecule has 0 amide bonds. The summed E-state index contributed by atoms with van der Waals surface area (Å²) >= 11 is 0.